The zero-order chi connectivity index (χ0) is 18.8. The number of hydrogen-bond donors (Lipinski definition) is 1. The molecule has 7 heteroatoms. The largest absolute Gasteiger partial charge is 0.439 e. The van der Waals surface area contributed by atoms with Gasteiger partial charge in [0.15, 0.2) is 0 Å². The van der Waals surface area contributed by atoms with Gasteiger partial charge in [-0.2, -0.15) is 0 Å². The van der Waals surface area contributed by atoms with E-state index in [1.54, 1.807) is 12.4 Å². The van der Waals surface area contributed by atoms with Crippen LogP contribution >= 0.6 is 0 Å². The summed E-state index contributed by atoms with van der Waals surface area (Å²) in [5.41, 5.74) is 2.74. The lowest BCUT2D eigenvalue weighted by atomic mass is 9.85. The standard InChI is InChI=1S/C20H21N5O2/c1-13-14(2)25(12-23-13)18-10-19(22-11-21-18)27-17-8-6-16(7-9-17)24-20(26)15-4-3-5-15/h6-12,15H,3-5H2,1-2H3,(H,24,26). The van der Waals surface area contributed by atoms with E-state index in [0.717, 1.165) is 36.3 Å². The molecule has 2 heterocycles. The van der Waals surface area contributed by atoms with Gasteiger partial charge in [-0.05, 0) is 51.0 Å². The highest BCUT2D eigenvalue weighted by molar-refractivity contribution is 5.93. The maximum atomic E-state index is 12.0. The molecule has 1 aliphatic rings. The Morgan fingerprint density at radius 3 is 2.56 bits per heavy atom. The highest BCUT2D eigenvalue weighted by atomic mass is 16.5. The number of nitrogens with zero attached hydrogens (tertiary/aromatic N) is 4. The number of ether oxygens (including phenoxy) is 1. The van der Waals surface area contributed by atoms with Crippen molar-refractivity contribution in [1.82, 2.24) is 19.5 Å². The highest BCUT2D eigenvalue weighted by Crippen LogP contribution is 2.28. The summed E-state index contributed by atoms with van der Waals surface area (Å²) in [6.45, 7) is 3.94. The van der Waals surface area contributed by atoms with Crippen molar-refractivity contribution in [3.05, 3.63) is 54.4 Å². The van der Waals surface area contributed by atoms with Crippen LogP contribution in [-0.4, -0.2) is 25.4 Å². The van der Waals surface area contributed by atoms with Crippen molar-refractivity contribution in [2.45, 2.75) is 33.1 Å². The third-order valence-electron chi connectivity index (χ3n) is 4.95. The third-order valence-corrected chi connectivity index (χ3v) is 4.95. The van der Waals surface area contributed by atoms with E-state index in [9.17, 15) is 4.79 Å². The summed E-state index contributed by atoms with van der Waals surface area (Å²) >= 11 is 0. The smallest absolute Gasteiger partial charge is 0.227 e. The summed E-state index contributed by atoms with van der Waals surface area (Å²) < 4.78 is 7.72. The number of nitrogens with one attached hydrogen (secondary N) is 1. The molecular formula is C20H21N5O2. The number of imidazole rings is 1. The van der Waals surface area contributed by atoms with E-state index in [-0.39, 0.29) is 11.8 Å². The van der Waals surface area contributed by atoms with E-state index in [0.29, 0.717) is 17.4 Å². The number of carbonyl (C=O) groups excluding carboxylic acids is 1. The number of carbonyl (C=O) groups is 1. The Hall–Kier alpha value is -3.22. The lowest BCUT2D eigenvalue weighted by Crippen LogP contribution is -2.27. The second-order valence-corrected chi connectivity index (χ2v) is 6.74. The first-order valence-electron chi connectivity index (χ1n) is 9.02. The second-order valence-electron chi connectivity index (χ2n) is 6.74. The van der Waals surface area contributed by atoms with Gasteiger partial charge in [0.2, 0.25) is 11.8 Å². The quantitative estimate of drug-likeness (QED) is 0.745. The van der Waals surface area contributed by atoms with Crippen molar-refractivity contribution in [1.29, 1.82) is 0 Å². The minimum atomic E-state index is 0.0985. The molecule has 0 spiro atoms. The fraction of sp³-hybridized carbons (Fsp3) is 0.300. The Bertz CT molecular complexity index is 961. The molecule has 0 bridgehead atoms. The minimum absolute atomic E-state index is 0.0985. The van der Waals surface area contributed by atoms with Crippen LogP contribution in [0.15, 0.2) is 43.0 Å². The maximum Gasteiger partial charge on any atom is 0.227 e. The molecule has 0 radical (unpaired) electrons. The van der Waals surface area contributed by atoms with E-state index in [1.165, 1.54) is 6.33 Å². The predicted octanol–water partition coefficient (Wildman–Crippen LogP) is 3.81. The topological polar surface area (TPSA) is 81.9 Å². The number of anilines is 1. The number of hydrogen-bond acceptors (Lipinski definition) is 5. The van der Waals surface area contributed by atoms with Gasteiger partial charge in [0, 0.05) is 23.4 Å². The number of aryl methyl sites for hydroxylation is 1. The zero-order valence-electron chi connectivity index (χ0n) is 15.3. The van der Waals surface area contributed by atoms with Crippen molar-refractivity contribution in [3.8, 4) is 17.4 Å². The van der Waals surface area contributed by atoms with Gasteiger partial charge in [-0.1, -0.05) is 6.42 Å². The molecule has 7 nitrogen and oxygen atoms in total. The van der Waals surface area contributed by atoms with Crippen LogP contribution in [0, 0.1) is 19.8 Å². The summed E-state index contributed by atoms with van der Waals surface area (Å²) in [5.74, 6) is 2.04. The van der Waals surface area contributed by atoms with Gasteiger partial charge in [0.25, 0.3) is 0 Å². The van der Waals surface area contributed by atoms with Crippen LogP contribution < -0.4 is 10.1 Å². The molecule has 2 aromatic heterocycles. The Morgan fingerprint density at radius 2 is 1.93 bits per heavy atom. The van der Waals surface area contributed by atoms with Crippen LogP contribution in [0.4, 0.5) is 5.69 Å². The molecule has 1 aliphatic carbocycles. The summed E-state index contributed by atoms with van der Waals surface area (Å²) in [7, 11) is 0. The lowest BCUT2D eigenvalue weighted by Gasteiger charge is -2.24. The molecule has 138 valence electrons. The molecule has 4 rings (SSSR count). The maximum absolute atomic E-state index is 12.0. The fourth-order valence-electron chi connectivity index (χ4n) is 2.89. The first-order valence-corrected chi connectivity index (χ1v) is 9.02. The van der Waals surface area contributed by atoms with Gasteiger partial charge >= 0.3 is 0 Å². The Kier molecular flexibility index (Phi) is 4.58. The molecule has 0 unspecified atom stereocenters. The third kappa shape index (κ3) is 3.67. The molecule has 1 amide bonds. The average Bonchev–Trinajstić information content (AvgIpc) is 2.94. The number of amides is 1. The van der Waals surface area contributed by atoms with Gasteiger partial charge in [-0.25, -0.2) is 15.0 Å². The monoisotopic (exact) mass is 363 g/mol. The number of rotatable bonds is 5. The van der Waals surface area contributed by atoms with Crippen molar-refractivity contribution < 1.29 is 9.53 Å². The van der Waals surface area contributed by atoms with Crippen molar-refractivity contribution >= 4 is 11.6 Å². The molecular weight excluding hydrogens is 342 g/mol. The Labute approximate surface area is 157 Å². The van der Waals surface area contributed by atoms with Crippen LogP contribution in [-0.2, 0) is 4.79 Å². The van der Waals surface area contributed by atoms with Crippen molar-refractivity contribution in [3.63, 3.8) is 0 Å². The fourth-order valence-corrected chi connectivity index (χ4v) is 2.89. The van der Waals surface area contributed by atoms with Gasteiger partial charge in [-0.3, -0.25) is 9.36 Å². The van der Waals surface area contributed by atoms with Crippen LogP contribution in [0.3, 0.4) is 0 Å². The minimum Gasteiger partial charge on any atom is -0.439 e. The number of aromatic nitrogens is 4. The van der Waals surface area contributed by atoms with Crippen LogP contribution in [0.25, 0.3) is 5.82 Å². The van der Waals surface area contributed by atoms with Gasteiger partial charge in [0.05, 0.1) is 5.69 Å². The number of benzene rings is 1. The molecule has 3 aromatic rings. The molecule has 0 aliphatic heterocycles. The van der Waals surface area contributed by atoms with E-state index in [4.69, 9.17) is 4.74 Å². The SMILES string of the molecule is Cc1ncn(-c2cc(Oc3ccc(NC(=O)C4CCC4)cc3)ncn2)c1C. The first-order chi connectivity index (χ1) is 13.1. The van der Waals surface area contributed by atoms with E-state index < -0.39 is 0 Å². The molecule has 1 N–H and O–H groups in total. The second kappa shape index (κ2) is 7.19. The Balaban J connectivity index is 1.45. The van der Waals surface area contributed by atoms with Gasteiger partial charge < -0.3 is 10.1 Å². The van der Waals surface area contributed by atoms with Crippen LogP contribution in [0.2, 0.25) is 0 Å². The molecule has 1 fully saturated rings. The van der Waals surface area contributed by atoms with Gasteiger partial charge in [0.1, 0.15) is 24.2 Å². The molecule has 0 atom stereocenters. The summed E-state index contributed by atoms with van der Waals surface area (Å²) in [5, 5.41) is 2.94. The average molecular weight is 363 g/mol. The molecule has 1 aromatic carbocycles. The molecule has 0 saturated heterocycles. The first kappa shape index (κ1) is 17.2. The van der Waals surface area contributed by atoms with E-state index in [2.05, 4.69) is 20.3 Å². The molecule has 27 heavy (non-hydrogen) atoms. The van der Waals surface area contributed by atoms with Gasteiger partial charge in [-0.15, -0.1) is 0 Å². The summed E-state index contributed by atoms with van der Waals surface area (Å²) in [6, 6.07) is 9.05. The van der Waals surface area contributed by atoms with Crippen molar-refractivity contribution in [2.75, 3.05) is 5.32 Å². The summed E-state index contributed by atoms with van der Waals surface area (Å²) in [6.07, 6.45) is 6.31. The lowest BCUT2D eigenvalue weighted by molar-refractivity contribution is -0.122. The van der Waals surface area contributed by atoms with Crippen LogP contribution in [0.5, 0.6) is 11.6 Å². The predicted molar refractivity (Wildman–Crippen MR) is 101 cm³/mol. The molecule has 1 saturated carbocycles. The summed E-state index contributed by atoms with van der Waals surface area (Å²) in [4.78, 5) is 24.8. The highest BCUT2D eigenvalue weighted by Gasteiger charge is 2.25. The van der Waals surface area contributed by atoms with Crippen LogP contribution in [0.1, 0.15) is 30.7 Å². The zero-order valence-corrected chi connectivity index (χ0v) is 15.3. The van der Waals surface area contributed by atoms with E-state index >= 15 is 0 Å². The Morgan fingerprint density at radius 1 is 1.15 bits per heavy atom. The van der Waals surface area contributed by atoms with Crippen molar-refractivity contribution in [2.24, 2.45) is 5.92 Å². The van der Waals surface area contributed by atoms with E-state index in [1.807, 2.05) is 42.7 Å². The normalized spacial score (nSPS) is 13.9.